The smallest absolute Gasteiger partial charge is 0.123 e. The Labute approximate surface area is 82.6 Å². The number of benzene rings is 1. The van der Waals surface area contributed by atoms with Crippen molar-refractivity contribution in [1.82, 2.24) is 0 Å². The molecule has 1 aromatic rings. The summed E-state index contributed by atoms with van der Waals surface area (Å²) >= 11 is 0. The molecule has 2 nitrogen and oxygen atoms in total. The Bertz CT molecular complexity index is 310. The minimum absolute atomic E-state index is 0.0742. The van der Waals surface area contributed by atoms with Crippen LogP contribution in [0.4, 0.5) is 4.39 Å². The third-order valence-electron chi connectivity index (χ3n) is 2.25. The van der Waals surface area contributed by atoms with Crippen LogP contribution in [0.25, 0.3) is 0 Å². The standard InChI is InChI=1S/C11H13FO2/c1-8(13-6-11-7-14-11)9-3-2-4-10(12)5-9/h2-5,8,11H,6-7H2,1H3. The van der Waals surface area contributed by atoms with E-state index >= 15 is 0 Å². The summed E-state index contributed by atoms with van der Waals surface area (Å²) in [6.07, 6.45) is 0.181. The molecule has 1 fully saturated rings. The summed E-state index contributed by atoms with van der Waals surface area (Å²) in [4.78, 5) is 0. The number of hydrogen-bond acceptors (Lipinski definition) is 2. The first kappa shape index (κ1) is 9.62. The fourth-order valence-corrected chi connectivity index (χ4v) is 1.27. The average Bonchev–Trinajstić information content (AvgIpc) is 2.97. The zero-order valence-electron chi connectivity index (χ0n) is 8.07. The van der Waals surface area contributed by atoms with E-state index in [1.54, 1.807) is 6.07 Å². The van der Waals surface area contributed by atoms with Crippen LogP contribution in [0.15, 0.2) is 24.3 Å². The Balaban J connectivity index is 1.91. The van der Waals surface area contributed by atoms with Crippen molar-refractivity contribution < 1.29 is 13.9 Å². The molecule has 3 heteroatoms. The summed E-state index contributed by atoms with van der Waals surface area (Å²) < 4.78 is 23.4. The zero-order chi connectivity index (χ0) is 9.97. The highest BCUT2D eigenvalue weighted by Crippen LogP contribution is 2.19. The maximum atomic E-state index is 12.9. The van der Waals surface area contributed by atoms with Crippen LogP contribution in [-0.2, 0) is 9.47 Å². The molecule has 0 saturated carbocycles. The summed E-state index contributed by atoms with van der Waals surface area (Å²) in [5, 5.41) is 0. The Morgan fingerprint density at radius 1 is 1.64 bits per heavy atom. The molecule has 1 aliphatic heterocycles. The Hall–Kier alpha value is -0.930. The minimum Gasteiger partial charge on any atom is -0.371 e. The van der Waals surface area contributed by atoms with E-state index in [9.17, 15) is 4.39 Å². The molecule has 1 aliphatic rings. The van der Waals surface area contributed by atoms with Gasteiger partial charge in [0, 0.05) is 0 Å². The lowest BCUT2D eigenvalue weighted by atomic mass is 10.1. The first-order valence-corrected chi connectivity index (χ1v) is 4.74. The van der Waals surface area contributed by atoms with E-state index in [0.717, 1.165) is 12.2 Å². The molecule has 0 aromatic heterocycles. The number of rotatable bonds is 4. The monoisotopic (exact) mass is 196 g/mol. The van der Waals surface area contributed by atoms with Crippen LogP contribution >= 0.6 is 0 Å². The van der Waals surface area contributed by atoms with Crippen LogP contribution in [0.5, 0.6) is 0 Å². The molecule has 2 unspecified atom stereocenters. The van der Waals surface area contributed by atoms with Gasteiger partial charge in [0.1, 0.15) is 11.9 Å². The highest BCUT2D eigenvalue weighted by atomic mass is 19.1. The molecule has 0 spiro atoms. The van der Waals surface area contributed by atoms with Crippen molar-refractivity contribution in [3.05, 3.63) is 35.6 Å². The minimum atomic E-state index is -0.222. The quantitative estimate of drug-likeness (QED) is 0.689. The van der Waals surface area contributed by atoms with Crippen LogP contribution in [0.3, 0.4) is 0 Å². The van der Waals surface area contributed by atoms with Crippen molar-refractivity contribution in [3.8, 4) is 0 Å². The van der Waals surface area contributed by atoms with E-state index in [4.69, 9.17) is 9.47 Å². The van der Waals surface area contributed by atoms with Crippen LogP contribution in [-0.4, -0.2) is 19.3 Å². The fourth-order valence-electron chi connectivity index (χ4n) is 1.27. The van der Waals surface area contributed by atoms with E-state index in [0.29, 0.717) is 6.61 Å². The summed E-state index contributed by atoms with van der Waals surface area (Å²) in [5.41, 5.74) is 0.866. The van der Waals surface area contributed by atoms with Crippen molar-refractivity contribution in [2.45, 2.75) is 19.1 Å². The molecular formula is C11H13FO2. The van der Waals surface area contributed by atoms with E-state index in [-0.39, 0.29) is 18.0 Å². The molecule has 0 N–H and O–H groups in total. The van der Waals surface area contributed by atoms with Crippen LogP contribution in [0.2, 0.25) is 0 Å². The Morgan fingerprint density at radius 3 is 3.07 bits per heavy atom. The van der Waals surface area contributed by atoms with Crippen LogP contribution in [0.1, 0.15) is 18.6 Å². The van der Waals surface area contributed by atoms with Gasteiger partial charge in [0.2, 0.25) is 0 Å². The van der Waals surface area contributed by atoms with Crippen LogP contribution < -0.4 is 0 Å². The predicted octanol–water partition coefficient (Wildman–Crippen LogP) is 2.30. The highest BCUT2D eigenvalue weighted by molar-refractivity contribution is 5.18. The average molecular weight is 196 g/mol. The predicted molar refractivity (Wildman–Crippen MR) is 50.5 cm³/mol. The molecule has 2 atom stereocenters. The molecule has 0 amide bonds. The first-order valence-electron chi connectivity index (χ1n) is 4.74. The number of hydrogen-bond donors (Lipinski definition) is 0. The third-order valence-corrected chi connectivity index (χ3v) is 2.25. The topological polar surface area (TPSA) is 21.8 Å². The second-order valence-electron chi connectivity index (χ2n) is 3.49. The third kappa shape index (κ3) is 2.53. The molecule has 14 heavy (non-hydrogen) atoms. The molecule has 0 bridgehead atoms. The van der Waals surface area contributed by atoms with Crippen molar-refractivity contribution in [2.75, 3.05) is 13.2 Å². The molecule has 1 heterocycles. The maximum Gasteiger partial charge on any atom is 0.123 e. The lowest BCUT2D eigenvalue weighted by Crippen LogP contribution is -2.06. The SMILES string of the molecule is CC(OCC1CO1)c1cccc(F)c1. The first-order chi connectivity index (χ1) is 6.75. The van der Waals surface area contributed by atoms with E-state index < -0.39 is 0 Å². The van der Waals surface area contributed by atoms with E-state index in [2.05, 4.69) is 0 Å². The van der Waals surface area contributed by atoms with Crippen molar-refractivity contribution in [2.24, 2.45) is 0 Å². The second-order valence-corrected chi connectivity index (χ2v) is 3.49. The van der Waals surface area contributed by atoms with Gasteiger partial charge >= 0.3 is 0 Å². The van der Waals surface area contributed by atoms with Crippen molar-refractivity contribution in [3.63, 3.8) is 0 Å². The van der Waals surface area contributed by atoms with Gasteiger partial charge in [-0.05, 0) is 24.6 Å². The van der Waals surface area contributed by atoms with Gasteiger partial charge in [-0.2, -0.15) is 0 Å². The van der Waals surface area contributed by atoms with Crippen molar-refractivity contribution in [1.29, 1.82) is 0 Å². The molecule has 1 aromatic carbocycles. The van der Waals surface area contributed by atoms with Gasteiger partial charge in [-0.15, -0.1) is 0 Å². The summed E-state index contributed by atoms with van der Waals surface area (Å²) in [5.74, 6) is -0.222. The largest absolute Gasteiger partial charge is 0.371 e. The van der Waals surface area contributed by atoms with Gasteiger partial charge in [0.05, 0.1) is 19.3 Å². The molecule has 76 valence electrons. The van der Waals surface area contributed by atoms with E-state index in [1.165, 1.54) is 12.1 Å². The van der Waals surface area contributed by atoms with Gasteiger partial charge in [-0.1, -0.05) is 12.1 Å². The highest BCUT2D eigenvalue weighted by Gasteiger charge is 2.23. The second kappa shape index (κ2) is 4.07. The molecule has 0 aliphatic carbocycles. The lowest BCUT2D eigenvalue weighted by Gasteiger charge is -2.12. The number of halogens is 1. The molecule has 2 rings (SSSR count). The zero-order valence-corrected chi connectivity index (χ0v) is 8.07. The van der Waals surface area contributed by atoms with E-state index in [1.807, 2.05) is 13.0 Å². The lowest BCUT2D eigenvalue weighted by molar-refractivity contribution is 0.0538. The maximum absolute atomic E-state index is 12.9. The van der Waals surface area contributed by atoms with Gasteiger partial charge in [-0.25, -0.2) is 4.39 Å². The summed E-state index contributed by atoms with van der Waals surface area (Å²) in [6.45, 7) is 3.30. The summed E-state index contributed by atoms with van der Waals surface area (Å²) in [7, 11) is 0. The molecular weight excluding hydrogens is 183 g/mol. The van der Waals surface area contributed by atoms with Gasteiger partial charge in [0.15, 0.2) is 0 Å². The van der Waals surface area contributed by atoms with Crippen LogP contribution in [0, 0.1) is 5.82 Å². The number of ether oxygens (including phenoxy) is 2. The number of epoxide rings is 1. The molecule has 1 saturated heterocycles. The fraction of sp³-hybridized carbons (Fsp3) is 0.455. The van der Waals surface area contributed by atoms with Crippen molar-refractivity contribution >= 4 is 0 Å². The molecule has 0 radical (unpaired) electrons. The van der Waals surface area contributed by atoms with Gasteiger partial charge < -0.3 is 9.47 Å². The Kier molecular flexibility index (Phi) is 2.79. The summed E-state index contributed by atoms with van der Waals surface area (Å²) in [6, 6.07) is 6.48. The van der Waals surface area contributed by atoms with Gasteiger partial charge in [0.25, 0.3) is 0 Å². The Morgan fingerprint density at radius 2 is 2.43 bits per heavy atom. The van der Waals surface area contributed by atoms with Gasteiger partial charge in [-0.3, -0.25) is 0 Å². The normalized spacial score (nSPS) is 22.0.